The molecule has 2 heterocycles. The Morgan fingerprint density at radius 3 is 2.82 bits per heavy atom. The van der Waals surface area contributed by atoms with E-state index in [2.05, 4.69) is 26.0 Å². The van der Waals surface area contributed by atoms with E-state index in [0.717, 1.165) is 10.2 Å². The van der Waals surface area contributed by atoms with Crippen LogP contribution in [0.5, 0.6) is 0 Å². The molecule has 0 aromatic carbocycles. The van der Waals surface area contributed by atoms with Gasteiger partial charge in [-0.2, -0.15) is 5.10 Å². The van der Waals surface area contributed by atoms with E-state index in [1.807, 2.05) is 19.2 Å². The van der Waals surface area contributed by atoms with Crippen LogP contribution in [0.15, 0.2) is 35.1 Å². The molecule has 0 spiro atoms. The number of rotatable bonds is 4. The molecule has 4 nitrogen and oxygen atoms in total. The first-order valence-electron chi connectivity index (χ1n) is 5.28. The van der Waals surface area contributed by atoms with Crippen molar-refractivity contribution in [2.75, 3.05) is 0 Å². The molecule has 0 aliphatic carbocycles. The maximum atomic E-state index is 11.9. The Morgan fingerprint density at radius 2 is 2.24 bits per heavy atom. The zero-order valence-electron chi connectivity index (χ0n) is 9.43. The monoisotopic (exact) mass is 293 g/mol. The van der Waals surface area contributed by atoms with Crippen molar-refractivity contribution in [3.8, 4) is 0 Å². The number of nitrogens with zero attached hydrogens (tertiary/aromatic N) is 3. The molecule has 2 aromatic rings. The summed E-state index contributed by atoms with van der Waals surface area (Å²) in [6.07, 6.45) is 4.51. The predicted molar refractivity (Wildman–Crippen MR) is 67.8 cm³/mol. The molecule has 0 saturated carbocycles. The number of carbonyl (C=O) groups is 1. The van der Waals surface area contributed by atoms with Gasteiger partial charge in [0.2, 0.25) is 0 Å². The second-order valence-corrected chi connectivity index (χ2v) is 4.65. The summed E-state index contributed by atoms with van der Waals surface area (Å²) >= 11 is 3.29. The van der Waals surface area contributed by atoms with E-state index in [1.54, 1.807) is 23.1 Å². The smallest absolute Gasteiger partial charge is 0.181 e. The van der Waals surface area contributed by atoms with Crippen LogP contribution in [0.4, 0.5) is 0 Å². The standard InChI is InChI=1S/C12H12BrN3O/c1-16-10(6-7-15-16)3-5-12(17)11-4-2-9(13)8-14-11/h2,4,6-8H,3,5H2,1H3. The molecule has 0 aliphatic rings. The van der Waals surface area contributed by atoms with Crippen LogP contribution in [0, 0.1) is 0 Å². The zero-order chi connectivity index (χ0) is 12.3. The summed E-state index contributed by atoms with van der Waals surface area (Å²) < 4.78 is 2.66. The topological polar surface area (TPSA) is 47.8 Å². The lowest BCUT2D eigenvalue weighted by Gasteiger charge is -2.01. The van der Waals surface area contributed by atoms with Crippen LogP contribution >= 0.6 is 15.9 Å². The van der Waals surface area contributed by atoms with Crippen LogP contribution in [0.3, 0.4) is 0 Å². The van der Waals surface area contributed by atoms with Crippen molar-refractivity contribution in [2.45, 2.75) is 12.8 Å². The molecule has 0 bridgehead atoms. The van der Waals surface area contributed by atoms with Gasteiger partial charge in [-0.05, 0) is 40.5 Å². The third-order valence-electron chi connectivity index (χ3n) is 2.54. The zero-order valence-corrected chi connectivity index (χ0v) is 11.0. The maximum Gasteiger partial charge on any atom is 0.181 e. The molecule has 5 heteroatoms. The SMILES string of the molecule is Cn1nccc1CCC(=O)c1ccc(Br)cn1. The fraction of sp³-hybridized carbons (Fsp3) is 0.250. The summed E-state index contributed by atoms with van der Waals surface area (Å²) in [4.78, 5) is 15.9. The number of ketones is 1. The summed E-state index contributed by atoms with van der Waals surface area (Å²) in [6, 6.07) is 5.47. The summed E-state index contributed by atoms with van der Waals surface area (Å²) in [6.45, 7) is 0. The number of Topliss-reactive ketones (excluding diaryl/α,β-unsaturated/α-hetero) is 1. The van der Waals surface area contributed by atoms with Gasteiger partial charge in [-0.3, -0.25) is 14.5 Å². The van der Waals surface area contributed by atoms with Crippen molar-refractivity contribution in [1.82, 2.24) is 14.8 Å². The van der Waals surface area contributed by atoms with Gasteiger partial charge in [-0.25, -0.2) is 0 Å². The van der Waals surface area contributed by atoms with Crippen molar-refractivity contribution in [3.63, 3.8) is 0 Å². The maximum absolute atomic E-state index is 11.9. The molecule has 0 atom stereocenters. The lowest BCUT2D eigenvalue weighted by molar-refractivity contribution is 0.0977. The highest BCUT2D eigenvalue weighted by molar-refractivity contribution is 9.10. The Hall–Kier alpha value is -1.49. The highest BCUT2D eigenvalue weighted by Gasteiger charge is 2.08. The highest BCUT2D eigenvalue weighted by atomic mass is 79.9. The average Bonchev–Trinajstić information content (AvgIpc) is 2.73. The quantitative estimate of drug-likeness (QED) is 0.813. The molecule has 2 rings (SSSR count). The number of hydrogen-bond donors (Lipinski definition) is 0. The average molecular weight is 294 g/mol. The van der Waals surface area contributed by atoms with Crippen molar-refractivity contribution in [3.05, 3.63) is 46.5 Å². The van der Waals surface area contributed by atoms with E-state index in [9.17, 15) is 4.79 Å². The normalized spacial score (nSPS) is 10.5. The summed E-state index contributed by atoms with van der Waals surface area (Å²) in [5.74, 6) is 0.0544. The first-order valence-corrected chi connectivity index (χ1v) is 6.08. The molecule has 0 amide bonds. The molecule has 0 saturated heterocycles. The molecule has 2 aromatic heterocycles. The molecule has 0 fully saturated rings. The lowest BCUT2D eigenvalue weighted by Crippen LogP contribution is -2.06. The van der Waals surface area contributed by atoms with E-state index in [1.165, 1.54) is 0 Å². The second kappa shape index (κ2) is 5.23. The van der Waals surface area contributed by atoms with Gasteiger partial charge in [0.05, 0.1) is 0 Å². The Bertz CT molecular complexity index is 519. The van der Waals surface area contributed by atoms with Crippen molar-refractivity contribution < 1.29 is 4.79 Å². The number of pyridine rings is 1. The van der Waals surface area contributed by atoms with Gasteiger partial charge < -0.3 is 0 Å². The van der Waals surface area contributed by atoms with Gasteiger partial charge in [0.1, 0.15) is 5.69 Å². The van der Waals surface area contributed by atoms with Crippen molar-refractivity contribution in [2.24, 2.45) is 7.05 Å². The van der Waals surface area contributed by atoms with Gasteiger partial charge in [0, 0.05) is 36.0 Å². The van der Waals surface area contributed by atoms with Crippen molar-refractivity contribution >= 4 is 21.7 Å². The minimum absolute atomic E-state index is 0.0544. The van der Waals surface area contributed by atoms with Gasteiger partial charge in [0.25, 0.3) is 0 Å². The van der Waals surface area contributed by atoms with Crippen LogP contribution in [0.1, 0.15) is 22.6 Å². The molecule has 0 radical (unpaired) electrons. The van der Waals surface area contributed by atoms with Crippen LogP contribution in [-0.4, -0.2) is 20.5 Å². The van der Waals surface area contributed by atoms with Crippen molar-refractivity contribution in [1.29, 1.82) is 0 Å². The minimum atomic E-state index is 0.0544. The second-order valence-electron chi connectivity index (χ2n) is 3.73. The van der Waals surface area contributed by atoms with Gasteiger partial charge in [-0.15, -0.1) is 0 Å². The number of halogens is 1. The fourth-order valence-electron chi connectivity index (χ4n) is 1.56. The summed E-state index contributed by atoms with van der Waals surface area (Å²) in [7, 11) is 1.87. The lowest BCUT2D eigenvalue weighted by atomic mass is 10.1. The molecule has 0 unspecified atom stereocenters. The van der Waals surface area contributed by atoms with Gasteiger partial charge in [-0.1, -0.05) is 0 Å². The number of aromatic nitrogens is 3. The third-order valence-corrected chi connectivity index (χ3v) is 3.01. The number of hydrogen-bond acceptors (Lipinski definition) is 3. The molecule has 17 heavy (non-hydrogen) atoms. The Balaban J connectivity index is 1.98. The number of aryl methyl sites for hydroxylation is 2. The van der Waals surface area contributed by atoms with Crippen LogP contribution in [0.2, 0.25) is 0 Å². The largest absolute Gasteiger partial charge is 0.292 e. The molecule has 88 valence electrons. The van der Waals surface area contributed by atoms with E-state index >= 15 is 0 Å². The van der Waals surface area contributed by atoms with E-state index in [-0.39, 0.29) is 5.78 Å². The molecular weight excluding hydrogens is 282 g/mol. The first-order chi connectivity index (χ1) is 8.16. The van der Waals surface area contributed by atoms with E-state index in [4.69, 9.17) is 0 Å². The Labute approximate surface area is 108 Å². The van der Waals surface area contributed by atoms with Crippen LogP contribution < -0.4 is 0 Å². The van der Waals surface area contributed by atoms with Crippen LogP contribution in [0.25, 0.3) is 0 Å². The number of carbonyl (C=O) groups excluding carboxylic acids is 1. The van der Waals surface area contributed by atoms with Gasteiger partial charge in [0.15, 0.2) is 5.78 Å². The predicted octanol–water partition coefficient (Wildman–Crippen LogP) is 2.39. The summed E-state index contributed by atoms with van der Waals surface area (Å²) in [5.41, 5.74) is 1.56. The minimum Gasteiger partial charge on any atom is -0.292 e. The molecular formula is C12H12BrN3O. The Morgan fingerprint density at radius 1 is 1.41 bits per heavy atom. The molecule has 0 aliphatic heterocycles. The van der Waals surface area contributed by atoms with E-state index in [0.29, 0.717) is 18.5 Å². The highest BCUT2D eigenvalue weighted by Crippen LogP contribution is 2.10. The van der Waals surface area contributed by atoms with E-state index < -0.39 is 0 Å². The molecule has 0 N–H and O–H groups in total. The summed E-state index contributed by atoms with van der Waals surface area (Å²) in [5, 5.41) is 4.06. The third kappa shape index (κ3) is 3.00. The van der Waals surface area contributed by atoms with Gasteiger partial charge >= 0.3 is 0 Å². The fourth-order valence-corrected chi connectivity index (χ4v) is 1.79. The first kappa shape index (κ1) is 12.0. The Kier molecular flexibility index (Phi) is 3.68. The van der Waals surface area contributed by atoms with Crippen LogP contribution in [-0.2, 0) is 13.5 Å².